The third-order valence-electron chi connectivity index (χ3n) is 4.98. The van der Waals surface area contributed by atoms with Gasteiger partial charge in [-0.15, -0.1) is 0 Å². The van der Waals surface area contributed by atoms with E-state index in [9.17, 15) is 18.8 Å². The molecule has 136 valence electrons. The van der Waals surface area contributed by atoms with Crippen LogP contribution in [-0.2, 0) is 19.1 Å². The molecule has 0 amide bonds. The molecule has 3 atom stereocenters. The van der Waals surface area contributed by atoms with Gasteiger partial charge in [-0.1, -0.05) is 32.4 Å². The van der Waals surface area contributed by atoms with Gasteiger partial charge in [-0.25, -0.2) is 4.39 Å². The van der Waals surface area contributed by atoms with Gasteiger partial charge in [0.05, 0.1) is 7.11 Å². The fourth-order valence-electron chi connectivity index (χ4n) is 3.66. The van der Waals surface area contributed by atoms with Crippen LogP contribution in [0.1, 0.15) is 51.0 Å². The van der Waals surface area contributed by atoms with Crippen molar-refractivity contribution in [3.8, 4) is 0 Å². The zero-order chi connectivity index (χ0) is 18.6. The van der Waals surface area contributed by atoms with Crippen LogP contribution in [0.25, 0.3) is 0 Å². The maximum atomic E-state index is 13.4. The number of benzene rings is 1. The van der Waals surface area contributed by atoms with Crippen molar-refractivity contribution in [3.05, 3.63) is 35.6 Å². The highest BCUT2D eigenvalue weighted by Crippen LogP contribution is 2.41. The predicted molar refractivity (Wildman–Crippen MR) is 91.5 cm³/mol. The summed E-state index contributed by atoms with van der Waals surface area (Å²) in [6.45, 7) is 3.45. The Labute approximate surface area is 147 Å². The summed E-state index contributed by atoms with van der Waals surface area (Å²) in [5.41, 5.74) is 0.631. The predicted octanol–water partition coefficient (Wildman–Crippen LogP) is 3.68. The smallest absolute Gasteiger partial charge is 0.316 e. The monoisotopic (exact) mass is 348 g/mol. The molecule has 0 aromatic heterocycles. The normalized spacial score (nSPS) is 20.2. The van der Waals surface area contributed by atoms with E-state index in [4.69, 9.17) is 4.74 Å². The van der Waals surface area contributed by atoms with Crippen molar-refractivity contribution >= 4 is 17.5 Å². The summed E-state index contributed by atoms with van der Waals surface area (Å²) < 4.78 is 18.2. The first kappa shape index (κ1) is 19.3. The van der Waals surface area contributed by atoms with Crippen LogP contribution < -0.4 is 0 Å². The van der Waals surface area contributed by atoms with Gasteiger partial charge in [-0.2, -0.15) is 0 Å². The molecule has 0 radical (unpaired) electrons. The number of Topliss-reactive ketones (excluding diaryl/α,β-unsaturated/α-hetero) is 2. The third kappa shape index (κ3) is 4.33. The van der Waals surface area contributed by atoms with E-state index >= 15 is 0 Å². The summed E-state index contributed by atoms with van der Waals surface area (Å²) in [5.74, 6) is -3.69. The molecule has 0 saturated heterocycles. The number of rotatable bonds is 6. The molecule has 0 N–H and O–H groups in total. The van der Waals surface area contributed by atoms with Crippen molar-refractivity contribution in [1.29, 1.82) is 0 Å². The Kier molecular flexibility index (Phi) is 6.45. The first-order chi connectivity index (χ1) is 11.9. The van der Waals surface area contributed by atoms with Crippen molar-refractivity contribution in [2.24, 2.45) is 17.8 Å². The van der Waals surface area contributed by atoms with E-state index in [2.05, 4.69) is 0 Å². The molecule has 1 fully saturated rings. The highest BCUT2D eigenvalue weighted by Gasteiger charge is 2.44. The van der Waals surface area contributed by atoms with Crippen molar-refractivity contribution in [1.82, 2.24) is 0 Å². The van der Waals surface area contributed by atoms with Gasteiger partial charge in [0.15, 0.2) is 0 Å². The number of carbonyl (C=O) groups is 3. The molecule has 1 aliphatic rings. The summed E-state index contributed by atoms with van der Waals surface area (Å²) in [6, 6.07) is 5.71. The molecule has 25 heavy (non-hydrogen) atoms. The standard InChI is InChI=1S/C20H25FO4/c1-12(2)19(23)18(20(24)25-3)17(13-8-10-14(21)11-9-13)15-6-4-5-7-16(15)22/h8-12,15,17-18H,4-7H2,1-3H3. The summed E-state index contributed by atoms with van der Waals surface area (Å²) in [4.78, 5) is 37.8. The van der Waals surface area contributed by atoms with Crippen molar-refractivity contribution in [3.63, 3.8) is 0 Å². The Balaban J connectivity index is 2.53. The van der Waals surface area contributed by atoms with Gasteiger partial charge >= 0.3 is 5.97 Å². The molecule has 0 bridgehead atoms. The zero-order valence-corrected chi connectivity index (χ0v) is 15.0. The zero-order valence-electron chi connectivity index (χ0n) is 15.0. The van der Waals surface area contributed by atoms with Gasteiger partial charge in [0.1, 0.15) is 23.3 Å². The van der Waals surface area contributed by atoms with Gasteiger partial charge in [0, 0.05) is 24.2 Å². The fraction of sp³-hybridized carbons (Fsp3) is 0.550. The number of ether oxygens (including phenoxy) is 1. The lowest BCUT2D eigenvalue weighted by Crippen LogP contribution is -2.40. The summed E-state index contributed by atoms with van der Waals surface area (Å²) in [5, 5.41) is 0. The van der Waals surface area contributed by atoms with E-state index in [1.54, 1.807) is 26.0 Å². The number of methoxy groups -OCH3 is 1. The molecule has 0 spiro atoms. The molecule has 5 heteroatoms. The first-order valence-electron chi connectivity index (χ1n) is 8.76. The fourth-order valence-corrected chi connectivity index (χ4v) is 3.66. The molecular formula is C20H25FO4. The number of ketones is 2. The van der Waals surface area contributed by atoms with Crippen molar-refractivity contribution in [2.45, 2.75) is 45.4 Å². The Morgan fingerprint density at radius 1 is 1.16 bits per heavy atom. The lowest BCUT2D eigenvalue weighted by Gasteiger charge is -2.34. The molecule has 4 nitrogen and oxygen atoms in total. The topological polar surface area (TPSA) is 60.4 Å². The van der Waals surface area contributed by atoms with Gasteiger partial charge < -0.3 is 4.74 Å². The lowest BCUT2D eigenvalue weighted by atomic mass is 9.68. The van der Waals surface area contributed by atoms with Gasteiger partial charge in [-0.3, -0.25) is 14.4 Å². The van der Waals surface area contributed by atoms with Crippen LogP contribution >= 0.6 is 0 Å². The van der Waals surface area contributed by atoms with Crippen LogP contribution in [-0.4, -0.2) is 24.6 Å². The average molecular weight is 348 g/mol. The highest BCUT2D eigenvalue weighted by atomic mass is 19.1. The summed E-state index contributed by atoms with van der Waals surface area (Å²) in [6.07, 6.45) is 2.77. The quantitative estimate of drug-likeness (QED) is 0.581. The van der Waals surface area contributed by atoms with E-state index < -0.39 is 29.5 Å². The minimum Gasteiger partial charge on any atom is -0.468 e. The Bertz CT molecular complexity index is 636. The van der Waals surface area contributed by atoms with Gasteiger partial charge in [0.2, 0.25) is 0 Å². The maximum absolute atomic E-state index is 13.4. The molecule has 3 unspecified atom stereocenters. The number of hydrogen-bond donors (Lipinski definition) is 0. The van der Waals surface area contributed by atoms with E-state index in [0.717, 1.165) is 12.8 Å². The molecule has 1 aliphatic carbocycles. The third-order valence-corrected chi connectivity index (χ3v) is 4.98. The number of esters is 1. The van der Waals surface area contributed by atoms with Crippen LogP contribution in [0.2, 0.25) is 0 Å². The molecule has 1 aromatic rings. The second kappa shape index (κ2) is 8.37. The number of carbonyl (C=O) groups excluding carboxylic acids is 3. The lowest BCUT2D eigenvalue weighted by molar-refractivity contribution is -0.152. The van der Waals surface area contributed by atoms with Gasteiger partial charge in [-0.05, 0) is 30.5 Å². The second-order valence-electron chi connectivity index (χ2n) is 6.95. The maximum Gasteiger partial charge on any atom is 0.316 e. The molecular weight excluding hydrogens is 323 g/mol. The first-order valence-corrected chi connectivity index (χ1v) is 8.76. The molecule has 0 heterocycles. The molecule has 0 aliphatic heterocycles. The highest BCUT2D eigenvalue weighted by molar-refractivity contribution is 6.01. The van der Waals surface area contributed by atoms with E-state index in [-0.39, 0.29) is 17.5 Å². The van der Waals surface area contributed by atoms with Crippen LogP contribution in [0.15, 0.2) is 24.3 Å². The Hall–Kier alpha value is -2.04. The minimum absolute atomic E-state index is 0.0611. The molecule has 2 rings (SSSR count). The van der Waals surface area contributed by atoms with E-state index in [1.165, 1.54) is 19.2 Å². The average Bonchev–Trinajstić information content (AvgIpc) is 2.60. The van der Waals surface area contributed by atoms with Crippen molar-refractivity contribution in [2.75, 3.05) is 7.11 Å². The van der Waals surface area contributed by atoms with Crippen molar-refractivity contribution < 1.29 is 23.5 Å². The van der Waals surface area contributed by atoms with E-state index in [1.807, 2.05) is 0 Å². The number of hydrogen-bond acceptors (Lipinski definition) is 4. The Morgan fingerprint density at radius 3 is 2.32 bits per heavy atom. The Morgan fingerprint density at radius 2 is 1.80 bits per heavy atom. The SMILES string of the molecule is COC(=O)C(C(=O)C(C)C)C(c1ccc(F)cc1)C1CCCCC1=O. The molecule has 1 saturated carbocycles. The van der Waals surface area contributed by atoms with Crippen LogP contribution in [0.3, 0.4) is 0 Å². The molecule has 1 aromatic carbocycles. The number of halogens is 1. The summed E-state index contributed by atoms with van der Waals surface area (Å²) in [7, 11) is 1.24. The largest absolute Gasteiger partial charge is 0.468 e. The minimum atomic E-state index is -1.05. The van der Waals surface area contributed by atoms with Crippen LogP contribution in [0, 0.1) is 23.6 Å². The van der Waals surface area contributed by atoms with Gasteiger partial charge in [0.25, 0.3) is 0 Å². The second-order valence-corrected chi connectivity index (χ2v) is 6.95. The van der Waals surface area contributed by atoms with Crippen LogP contribution in [0.5, 0.6) is 0 Å². The van der Waals surface area contributed by atoms with Crippen LogP contribution in [0.4, 0.5) is 4.39 Å². The summed E-state index contributed by atoms with van der Waals surface area (Å²) >= 11 is 0. The van der Waals surface area contributed by atoms with E-state index in [0.29, 0.717) is 18.4 Å².